The second-order valence-electron chi connectivity index (χ2n) is 12.1. The summed E-state index contributed by atoms with van der Waals surface area (Å²) in [5, 5.41) is 9.81. The number of benzene rings is 2. The van der Waals surface area contributed by atoms with E-state index in [4.69, 9.17) is 4.74 Å². The van der Waals surface area contributed by atoms with Gasteiger partial charge in [0, 0.05) is 30.8 Å². The van der Waals surface area contributed by atoms with Gasteiger partial charge in [-0.3, -0.25) is 14.5 Å². The summed E-state index contributed by atoms with van der Waals surface area (Å²) < 4.78 is 36.0. The third-order valence-electron chi connectivity index (χ3n) is 8.25. The molecule has 0 spiro atoms. The molecule has 2 aromatic carbocycles. The summed E-state index contributed by atoms with van der Waals surface area (Å²) in [6.07, 6.45) is 1.79. The molecule has 7 nitrogen and oxygen atoms in total. The zero-order chi connectivity index (χ0) is 28.9. The van der Waals surface area contributed by atoms with Gasteiger partial charge in [-0.15, -0.1) is 0 Å². The zero-order valence-electron chi connectivity index (χ0n) is 23.2. The van der Waals surface area contributed by atoms with Crippen LogP contribution in [0.1, 0.15) is 57.6 Å². The van der Waals surface area contributed by atoms with Crippen LogP contribution in [0.25, 0.3) is 11.1 Å². The highest BCUT2D eigenvalue weighted by Gasteiger charge is 2.52. The van der Waals surface area contributed by atoms with Gasteiger partial charge in [0.1, 0.15) is 5.60 Å². The Morgan fingerprint density at radius 2 is 1.90 bits per heavy atom. The molecule has 0 aromatic heterocycles. The van der Waals surface area contributed by atoms with Crippen LogP contribution >= 0.6 is 0 Å². The lowest BCUT2D eigenvalue weighted by Crippen LogP contribution is -2.51. The summed E-state index contributed by atoms with van der Waals surface area (Å²) in [4.78, 5) is 41.4. The Balaban J connectivity index is 1.31. The van der Waals surface area contributed by atoms with E-state index in [0.717, 1.165) is 24.8 Å². The number of carbonyl (C=O) groups is 3. The summed E-state index contributed by atoms with van der Waals surface area (Å²) in [7, 11) is 1.64. The number of nitriles is 1. The van der Waals surface area contributed by atoms with Crippen molar-refractivity contribution in [1.82, 2.24) is 4.90 Å². The van der Waals surface area contributed by atoms with E-state index in [2.05, 4.69) is 6.07 Å². The monoisotopic (exact) mass is 549 g/mol. The summed E-state index contributed by atoms with van der Waals surface area (Å²) in [5.41, 5.74) is 1.28. The number of likely N-dealkylation sites (N-methyl/N-ethyl adjacent to an activating group) is 1. The van der Waals surface area contributed by atoms with Gasteiger partial charge in [-0.1, -0.05) is 24.3 Å². The van der Waals surface area contributed by atoms with Gasteiger partial charge >= 0.3 is 6.09 Å². The van der Waals surface area contributed by atoms with Crippen LogP contribution in [0.2, 0.25) is 0 Å². The molecule has 40 heavy (non-hydrogen) atoms. The van der Waals surface area contributed by atoms with E-state index in [1.807, 2.05) is 0 Å². The van der Waals surface area contributed by atoms with Crippen LogP contribution in [0.3, 0.4) is 0 Å². The molecule has 2 fully saturated rings. The largest absolute Gasteiger partial charge is 0.444 e. The third kappa shape index (κ3) is 5.07. The first-order chi connectivity index (χ1) is 18.9. The van der Waals surface area contributed by atoms with Gasteiger partial charge < -0.3 is 9.64 Å². The van der Waals surface area contributed by atoms with Crippen LogP contribution in [0.5, 0.6) is 0 Å². The highest BCUT2D eigenvalue weighted by Crippen LogP contribution is 2.44. The second-order valence-corrected chi connectivity index (χ2v) is 12.1. The van der Waals surface area contributed by atoms with E-state index in [0.29, 0.717) is 11.3 Å². The Kier molecular flexibility index (Phi) is 7.15. The quantitative estimate of drug-likeness (QED) is 0.469. The van der Waals surface area contributed by atoms with E-state index in [9.17, 15) is 19.6 Å². The molecule has 1 aliphatic carbocycles. The molecular weight excluding hydrogens is 516 g/mol. The third-order valence-corrected chi connectivity index (χ3v) is 8.25. The molecule has 0 N–H and O–H groups in total. The summed E-state index contributed by atoms with van der Waals surface area (Å²) in [6, 6.07) is 9.31. The molecule has 2 bridgehead atoms. The molecule has 0 radical (unpaired) electrons. The van der Waals surface area contributed by atoms with Gasteiger partial charge in [0.25, 0.3) is 0 Å². The van der Waals surface area contributed by atoms with Gasteiger partial charge in [-0.05, 0) is 75.1 Å². The van der Waals surface area contributed by atoms with Gasteiger partial charge in [-0.25, -0.2) is 13.6 Å². The maximum absolute atomic E-state index is 15.2. The number of ketones is 1. The minimum atomic E-state index is -1.06. The molecule has 9 heteroatoms. The molecule has 2 aromatic rings. The molecule has 1 saturated heterocycles. The number of hydrogen-bond acceptors (Lipinski definition) is 5. The normalized spacial score (nSPS) is 22.3. The van der Waals surface area contributed by atoms with Crippen molar-refractivity contribution >= 4 is 23.5 Å². The van der Waals surface area contributed by atoms with Crippen molar-refractivity contribution < 1.29 is 27.9 Å². The first kappa shape index (κ1) is 27.8. The maximum atomic E-state index is 15.2. The topological polar surface area (TPSA) is 90.7 Å². The molecule has 3 aliphatic rings. The van der Waals surface area contributed by atoms with Crippen molar-refractivity contribution in [2.24, 2.45) is 11.8 Å². The van der Waals surface area contributed by atoms with Crippen LogP contribution in [-0.4, -0.2) is 47.4 Å². The van der Waals surface area contributed by atoms with Crippen LogP contribution in [0.4, 0.5) is 19.3 Å². The fraction of sp³-hybridized carbons (Fsp3) is 0.484. The summed E-state index contributed by atoms with van der Waals surface area (Å²) >= 11 is 0. The lowest BCUT2D eigenvalue weighted by Gasteiger charge is -2.35. The minimum Gasteiger partial charge on any atom is -0.444 e. The van der Waals surface area contributed by atoms with Crippen molar-refractivity contribution in [3.05, 3.63) is 53.1 Å². The van der Waals surface area contributed by atoms with Crippen LogP contribution < -0.4 is 4.90 Å². The number of rotatable bonds is 6. The number of Topliss-reactive ketones (excluding diaryl/α,β-unsaturated/α-hetero) is 1. The van der Waals surface area contributed by atoms with Crippen LogP contribution in [0.15, 0.2) is 30.3 Å². The lowest BCUT2D eigenvalue weighted by molar-refractivity contribution is -0.126. The SMILES string of the molecule is CN1C(=O)Cc2ccc(-c3ccc(C[C@@H](C#N)CC(=O)[C@@H]4[C@H]5CC[C@H](C5)N4C(=O)OC(C)(C)C)c(F)c3F)cc21. The van der Waals surface area contributed by atoms with Crippen molar-refractivity contribution in [1.29, 1.82) is 5.26 Å². The minimum absolute atomic E-state index is 0.00555. The number of halogens is 2. The number of hydrogen-bond donors (Lipinski definition) is 0. The Morgan fingerprint density at radius 1 is 1.15 bits per heavy atom. The first-order valence-corrected chi connectivity index (χ1v) is 13.7. The Morgan fingerprint density at radius 3 is 2.60 bits per heavy atom. The van der Waals surface area contributed by atoms with Crippen LogP contribution in [-0.2, 0) is 27.2 Å². The van der Waals surface area contributed by atoms with E-state index in [1.165, 1.54) is 21.9 Å². The maximum Gasteiger partial charge on any atom is 0.411 e. The van der Waals surface area contributed by atoms with Crippen molar-refractivity contribution in [2.75, 3.05) is 11.9 Å². The molecule has 210 valence electrons. The number of amides is 2. The predicted molar refractivity (Wildman–Crippen MR) is 144 cm³/mol. The average Bonchev–Trinajstić information content (AvgIpc) is 3.59. The number of piperidine rings is 1. The van der Waals surface area contributed by atoms with Crippen molar-refractivity contribution in [2.45, 2.75) is 77.0 Å². The molecule has 0 unspecified atom stereocenters. The van der Waals surface area contributed by atoms with Crippen molar-refractivity contribution in [3.63, 3.8) is 0 Å². The molecule has 2 aliphatic heterocycles. The fourth-order valence-electron chi connectivity index (χ4n) is 6.35. The molecule has 4 atom stereocenters. The fourth-order valence-corrected chi connectivity index (χ4v) is 6.35. The van der Waals surface area contributed by atoms with E-state index in [1.54, 1.807) is 46.0 Å². The summed E-state index contributed by atoms with van der Waals surface area (Å²) in [5.74, 6) is -3.29. The van der Waals surface area contributed by atoms with Crippen molar-refractivity contribution in [3.8, 4) is 17.2 Å². The van der Waals surface area contributed by atoms with E-state index in [-0.39, 0.29) is 54.0 Å². The Bertz CT molecular complexity index is 1430. The number of ether oxygens (including phenoxy) is 1. The van der Waals surface area contributed by atoms with Gasteiger partial charge in [-0.2, -0.15) is 5.26 Å². The predicted octanol–water partition coefficient (Wildman–Crippen LogP) is 5.58. The summed E-state index contributed by atoms with van der Waals surface area (Å²) in [6.45, 7) is 5.30. The molecule has 2 heterocycles. The highest BCUT2D eigenvalue weighted by atomic mass is 19.2. The lowest BCUT2D eigenvalue weighted by atomic mass is 9.87. The number of anilines is 1. The first-order valence-electron chi connectivity index (χ1n) is 13.7. The number of fused-ring (bicyclic) bond motifs is 3. The standard InChI is InChI=1S/C31H33F2N3O4/c1-31(2,3)40-30(39)36-22-9-7-21(13-22)29(36)25(37)12-17(16-34)11-20-8-10-23(28(33)27(20)32)18-5-6-19-15-26(38)35(4)24(19)14-18/h5-6,8,10,14,17,21-22,29H,7,9,11-13,15H2,1-4H3/t17-,21+,22-,29+/m1/s1. The van der Waals surface area contributed by atoms with E-state index < -0.39 is 35.3 Å². The smallest absolute Gasteiger partial charge is 0.411 e. The van der Waals surface area contributed by atoms with Gasteiger partial charge in [0.15, 0.2) is 17.4 Å². The Labute approximate surface area is 232 Å². The van der Waals surface area contributed by atoms with Gasteiger partial charge in [0.2, 0.25) is 5.91 Å². The number of likely N-dealkylation sites (tertiary alicyclic amines) is 1. The number of nitrogens with zero attached hydrogens (tertiary/aromatic N) is 3. The van der Waals surface area contributed by atoms with Crippen LogP contribution in [0, 0.1) is 34.8 Å². The number of carbonyl (C=O) groups excluding carboxylic acids is 3. The highest BCUT2D eigenvalue weighted by molar-refractivity contribution is 6.01. The molecular formula is C31H33F2N3O4. The molecule has 1 saturated carbocycles. The van der Waals surface area contributed by atoms with Gasteiger partial charge in [0.05, 0.1) is 24.4 Å². The molecule has 5 rings (SSSR count). The second kappa shape index (κ2) is 10.3. The Hall–Kier alpha value is -3.80. The van der Waals surface area contributed by atoms with E-state index >= 15 is 8.78 Å². The average molecular weight is 550 g/mol. The zero-order valence-corrected chi connectivity index (χ0v) is 23.2. The molecule has 2 amide bonds.